The first-order valence-electron chi connectivity index (χ1n) is 11.1. The summed E-state index contributed by atoms with van der Waals surface area (Å²) >= 11 is 0. The van der Waals surface area contributed by atoms with Crippen molar-refractivity contribution in [3.05, 3.63) is 54.1 Å². The molecule has 0 radical (unpaired) electrons. The molecule has 0 saturated carbocycles. The lowest BCUT2D eigenvalue weighted by atomic mass is 9.78. The van der Waals surface area contributed by atoms with Crippen LogP contribution in [0.4, 0.5) is 10.5 Å². The molecule has 5 rings (SSSR count). The van der Waals surface area contributed by atoms with Crippen LogP contribution in [0.1, 0.15) is 32.3 Å². The fraction of sp³-hybridized carbons (Fsp3) is 0.440. The number of carbonyl (C=O) groups is 2. The van der Waals surface area contributed by atoms with Crippen LogP contribution in [-0.2, 0) is 11.3 Å². The van der Waals surface area contributed by atoms with E-state index in [-0.39, 0.29) is 17.9 Å². The van der Waals surface area contributed by atoms with E-state index in [9.17, 15) is 14.7 Å². The molecule has 0 aromatic heterocycles. The van der Waals surface area contributed by atoms with Gasteiger partial charge in [0.25, 0.3) is 0 Å². The van der Waals surface area contributed by atoms with Crippen molar-refractivity contribution in [1.29, 1.82) is 0 Å². The van der Waals surface area contributed by atoms with Crippen molar-refractivity contribution in [2.24, 2.45) is 11.8 Å². The van der Waals surface area contributed by atoms with Gasteiger partial charge in [0, 0.05) is 24.8 Å². The number of fused-ring (bicyclic) bond motifs is 3. The fourth-order valence-electron chi connectivity index (χ4n) is 4.71. The van der Waals surface area contributed by atoms with Crippen molar-refractivity contribution < 1.29 is 14.7 Å². The zero-order valence-electron chi connectivity index (χ0n) is 18.3. The number of piperidine rings is 3. The van der Waals surface area contributed by atoms with E-state index in [1.165, 1.54) is 4.90 Å². The lowest BCUT2D eigenvalue weighted by molar-refractivity contribution is -0.125. The van der Waals surface area contributed by atoms with E-state index in [1.54, 1.807) is 0 Å². The van der Waals surface area contributed by atoms with Crippen molar-refractivity contribution in [3.63, 3.8) is 0 Å². The Hall–Kier alpha value is -2.86. The number of nitrogens with one attached hydrogen (secondary N) is 1. The Labute approximate surface area is 183 Å². The number of carbonyl (C=O) groups excluding carboxylic acids is 1. The van der Waals surface area contributed by atoms with Crippen LogP contribution in [0.25, 0.3) is 11.1 Å². The van der Waals surface area contributed by atoms with Crippen molar-refractivity contribution in [2.75, 3.05) is 25.0 Å². The summed E-state index contributed by atoms with van der Waals surface area (Å²) in [5, 5.41) is 12.4. The average Bonchev–Trinajstić information content (AvgIpc) is 2.78. The average molecular weight is 422 g/mol. The van der Waals surface area contributed by atoms with Crippen LogP contribution in [0, 0.1) is 11.8 Å². The molecule has 0 spiro atoms. The smallest absolute Gasteiger partial charge is 0.407 e. The number of hydrogen-bond donors (Lipinski definition) is 2. The molecule has 0 aliphatic carbocycles. The molecule has 3 saturated heterocycles. The maximum absolute atomic E-state index is 12.8. The molecule has 2 N–H and O–H groups in total. The molecule has 3 heterocycles. The minimum Gasteiger partial charge on any atom is -0.465 e. The van der Waals surface area contributed by atoms with E-state index in [4.69, 9.17) is 0 Å². The van der Waals surface area contributed by atoms with Gasteiger partial charge in [0.05, 0.1) is 5.92 Å². The van der Waals surface area contributed by atoms with Crippen molar-refractivity contribution >= 4 is 17.7 Å². The molecule has 2 amide bonds. The van der Waals surface area contributed by atoms with Crippen LogP contribution < -0.4 is 5.32 Å². The molecule has 2 bridgehead atoms. The molecule has 3 aliphatic heterocycles. The molecule has 3 fully saturated rings. The summed E-state index contributed by atoms with van der Waals surface area (Å²) in [6, 6.07) is 15.8. The van der Waals surface area contributed by atoms with Crippen LogP contribution in [0.15, 0.2) is 48.5 Å². The summed E-state index contributed by atoms with van der Waals surface area (Å²) in [7, 11) is 0. The van der Waals surface area contributed by atoms with E-state index >= 15 is 0 Å². The topological polar surface area (TPSA) is 72.9 Å². The molecule has 6 nitrogen and oxygen atoms in total. The molecule has 31 heavy (non-hydrogen) atoms. The first-order valence-corrected chi connectivity index (χ1v) is 11.1. The molecule has 3 aliphatic rings. The van der Waals surface area contributed by atoms with Gasteiger partial charge in [0.1, 0.15) is 0 Å². The third-order valence-electron chi connectivity index (χ3n) is 6.65. The molecule has 0 unspecified atom stereocenters. The van der Waals surface area contributed by atoms with Gasteiger partial charge < -0.3 is 20.2 Å². The Morgan fingerprint density at radius 1 is 1.03 bits per heavy atom. The first kappa shape index (κ1) is 21.4. The highest BCUT2D eigenvalue weighted by Crippen LogP contribution is 2.33. The van der Waals surface area contributed by atoms with Gasteiger partial charge in [-0.05, 0) is 74.5 Å². The van der Waals surface area contributed by atoms with Crippen LogP contribution in [-0.4, -0.2) is 52.6 Å². The fourth-order valence-corrected chi connectivity index (χ4v) is 4.71. The maximum atomic E-state index is 12.8. The molecule has 1 atom stereocenters. The van der Waals surface area contributed by atoms with Crippen molar-refractivity contribution in [2.45, 2.75) is 39.3 Å². The van der Waals surface area contributed by atoms with Crippen molar-refractivity contribution in [3.8, 4) is 11.1 Å². The van der Waals surface area contributed by atoms with Gasteiger partial charge in [-0.1, -0.05) is 36.4 Å². The predicted octanol–water partition coefficient (Wildman–Crippen LogP) is 4.52. The Morgan fingerprint density at radius 2 is 1.61 bits per heavy atom. The Kier molecular flexibility index (Phi) is 6.28. The highest BCUT2D eigenvalue weighted by atomic mass is 16.4. The zero-order chi connectivity index (χ0) is 22.0. The monoisotopic (exact) mass is 421 g/mol. The van der Waals surface area contributed by atoms with E-state index < -0.39 is 6.09 Å². The summed E-state index contributed by atoms with van der Waals surface area (Å²) in [6.45, 7) is 7.27. The van der Waals surface area contributed by atoms with E-state index in [0.717, 1.165) is 54.9 Å². The molecule has 2 aromatic carbocycles. The Bertz CT molecular complexity index is 916. The summed E-state index contributed by atoms with van der Waals surface area (Å²) in [4.78, 5) is 27.9. The summed E-state index contributed by atoms with van der Waals surface area (Å²) < 4.78 is 0. The molecule has 164 valence electrons. The van der Waals surface area contributed by atoms with Crippen LogP contribution in [0.5, 0.6) is 0 Å². The minimum atomic E-state index is -0.907. The second kappa shape index (κ2) is 9.10. The third kappa shape index (κ3) is 4.90. The normalized spacial score (nSPS) is 22.4. The number of anilines is 1. The lowest BCUT2D eigenvalue weighted by Crippen LogP contribution is -2.51. The van der Waals surface area contributed by atoms with Crippen molar-refractivity contribution in [1.82, 2.24) is 9.80 Å². The molecular weight excluding hydrogens is 390 g/mol. The molecule has 6 heteroatoms. The zero-order valence-corrected chi connectivity index (χ0v) is 18.3. The second-order valence-corrected chi connectivity index (χ2v) is 9.01. The van der Waals surface area contributed by atoms with Gasteiger partial charge in [-0.15, -0.1) is 0 Å². The number of hydrogen-bond acceptors (Lipinski definition) is 3. The Balaban J connectivity index is 1.38. The summed E-state index contributed by atoms with van der Waals surface area (Å²) in [6.07, 6.45) is 1.36. The number of carboxylic acid groups (broad SMARTS) is 1. The molecule has 2 aromatic rings. The minimum absolute atomic E-state index is 0.0686. The van der Waals surface area contributed by atoms with Crippen LogP contribution >= 0.6 is 0 Å². The number of amides is 2. The third-order valence-corrected chi connectivity index (χ3v) is 6.65. The Morgan fingerprint density at radius 3 is 2.10 bits per heavy atom. The standard InChI is InChI=1S/C25H31N3O3/c1-17(2)28(25(30)31)15-18-3-5-19(6-4-18)20-7-9-22(10-8-20)26-24(29)23-16-27-13-11-21(23)12-14-27/h3-10,17,21,23H,11-16H2,1-2H3,(H,26,29)(H,30,31)/t23-/m0/s1. The van der Waals surface area contributed by atoms with E-state index in [0.29, 0.717) is 12.5 Å². The van der Waals surface area contributed by atoms with E-state index in [2.05, 4.69) is 10.2 Å². The quantitative estimate of drug-likeness (QED) is 0.719. The number of benzene rings is 2. The largest absolute Gasteiger partial charge is 0.465 e. The van der Waals surface area contributed by atoms with Crippen LogP contribution in [0.2, 0.25) is 0 Å². The van der Waals surface area contributed by atoms with E-state index in [1.807, 2.05) is 62.4 Å². The van der Waals surface area contributed by atoms with Gasteiger partial charge in [0.2, 0.25) is 5.91 Å². The van der Waals surface area contributed by atoms with Gasteiger partial charge in [0.15, 0.2) is 0 Å². The highest BCUT2D eigenvalue weighted by Gasteiger charge is 2.38. The molecular formula is C25H31N3O3. The maximum Gasteiger partial charge on any atom is 0.407 e. The SMILES string of the molecule is CC(C)N(Cc1ccc(-c2ccc(NC(=O)[C@H]3CN4CCC3CC4)cc2)cc1)C(=O)O. The van der Waals surface area contributed by atoms with Gasteiger partial charge >= 0.3 is 6.09 Å². The highest BCUT2D eigenvalue weighted by molar-refractivity contribution is 5.93. The van der Waals surface area contributed by atoms with Gasteiger partial charge in [-0.2, -0.15) is 0 Å². The number of rotatable bonds is 6. The lowest BCUT2D eigenvalue weighted by Gasteiger charge is -2.43. The van der Waals surface area contributed by atoms with Crippen LogP contribution in [0.3, 0.4) is 0 Å². The first-order chi connectivity index (χ1) is 14.9. The summed E-state index contributed by atoms with van der Waals surface area (Å²) in [5.41, 5.74) is 3.91. The summed E-state index contributed by atoms with van der Waals surface area (Å²) in [5.74, 6) is 0.765. The predicted molar refractivity (Wildman–Crippen MR) is 122 cm³/mol. The number of nitrogens with zero attached hydrogens (tertiary/aromatic N) is 2. The van der Waals surface area contributed by atoms with Gasteiger partial charge in [-0.3, -0.25) is 4.79 Å². The second-order valence-electron chi connectivity index (χ2n) is 9.01. The van der Waals surface area contributed by atoms with Gasteiger partial charge in [-0.25, -0.2) is 4.79 Å².